The van der Waals surface area contributed by atoms with Gasteiger partial charge < -0.3 is 19.3 Å². The number of aliphatic carboxylic acids is 1. The summed E-state index contributed by atoms with van der Waals surface area (Å²) in [6.45, 7) is 3.65. The van der Waals surface area contributed by atoms with Crippen LogP contribution in [0.2, 0.25) is 0 Å². The van der Waals surface area contributed by atoms with Crippen LogP contribution >= 0.6 is 0 Å². The predicted molar refractivity (Wildman–Crippen MR) is 140 cm³/mol. The Bertz CT molecular complexity index is 1160. The molecule has 0 amide bonds. The van der Waals surface area contributed by atoms with Gasteiger partial charge in [-0.05, 0) is 41.3 Å². The Morgan fingerprint density at radius 3 is 2.44 bits per heavy atom. The van der Waals surface area contributed by atoms with E-state index in [4.69, 9.17) is 14.2 Å². The third-order valence-electron chi connectivity index (χ3n) is 6.29. The maximum absolute atomic E-state index is 12.0. The lowest BCUT2D eigenvalue weighted by molar-refractivity contribution is -0.133. The number of hydrogen-bond acceptors (Lipinski definition) is 5. The number of carboxylic acids is 1. The molecule has 0 unspecified atom stereocenters. The summed E-state index contributed by atoms with van der Waals surface area (Å²) in [4.78, 5) is 14.2. The van der Waals surface area contributed by atoms with Crippen LogP contribution in [-0.4, -0.2) is 49.4 Å². The molecule has 3 aromatic rings. The van der Waals surface area contributed by atoms with E-state index in [1.54, 1.807) is 7.11 Å². The van der Waals surface area contributed by atoms with Crippen LogP contribution in [0.15, 0.2) is 84.4 Å². The molecule has 0 spiro atoms. The van der Waals surface area contributed by atoms with Crippen molar-refractivity contribution in [3.8, 4) is 11.5 Å². The Morgan fingerprint density at radius 2 is 1.69 bits per heavy atom. The van der Waals surface area contributed by atoms with E-state index in [2.05, 4.69) is 17.0 Å². The SMILES string of the molecule is COc1ccccc1COCCCOc1ccc(C2=C(C(=O)O)CN(Cc3ccccc3)CC2)cc1. The minimum atomic E-state index is -0.851. The normalized spacial score (nSPS) is 14.0. The second-order valence-electron chi connectivity index (χ2n) is 8.80. The molecule has 1 N–H and O–H groups in total. The van der Waals surface area contributed by atoms with Gasteiger partial charge in [0.15, 0.2) is 0 Å². The number of rotatable bonds is 12. The second-order valence-corrected chi connectivity index (χ2v) is 8.80. The second kappa shape index (κ2) is 12.9. The number of hydrogen-bond donors (Lipinski definition) is 1. The molecule has 0 fully saturated rings. The third-order valence-corrected chi connectivity index (χ3v) is 6.29. The zero-order chi connectivity index (χ0) is 25.2. The molecule has 6 heteroatoms. The molecule has 0 atom stereocenters. The summed E-state index contributed by atoms with van der Waals surface area (Å²) >= 11 is 0. The molecule has 1 heterocycles. The van der Waals surface area contributed by atoms with Crippen molar-refractivity contribution < 1.29 is 24.1 Å². The molecule has 0 saturated carbocycles. The van der Waals surface area contributed by atoms with Crippen LogP contribution in [0.4, 0.5) is 0 Å². The molecule has 0 aliphatic carbocycles. The molecule has 4 rings (SSSR count). The summed E-state index contributed by atoms with van der Waals surface area (Å²) in [5, 5.41) is 9.87. The van der Waals surface area contributed by atoms with Crippen molar-refractivity contribution in [3.63, 3.8) is 0 Å². The van der Waals surface area contributed by atoms with Gasteiger partial charge in [0.05, 0.1) is 32.5 Å². The van der Waals surface area contributed by atoms with Crippen molar-refractivity contribution in [2.24, 2.45) is 0 Å². The first-order valence-corrected chi connectivity index (χ1v) is 12.3. The van der Waals surface area contributed by atoms with Crippen molar-refractivity contribution in [1.82, 2.24) is 4.90 Å². The maximum atomic E-state index is 12.0. The first-order chi connectivity index (χ1) is 17.6. The summed E-state index contributed by atoms with van der Waals surface area (Å²) in [5.74, 6) is 0.746. The van der Waals surface area contributed by atoms with Crippen molar-refractivity contribution in [1.29, 1.82) is 0 Å². The Labute approximate surface area is 212 Å². The zero-order valence-corrected chi connectivity index (χ0v) is 20.7. The van der Waals surface area contributed by atoms with Gasteiger partial charge in [0.2, 0.25) is 0 Å². The third kappa shape index (κ3) is 6.97. The van der Waals surface area contributed by atoms with E-state index in [-0.39, 0.29) is 0 Å². The number of carbonyl (C=O) groups is 1. The summed E-state index contributed by atoms with van der Waals surface area (Å²) < 4.78 is 17.0. The Kier molecular flexibility index (Phi) is 9.14. The van der Waals surface area contributed by atoms with E-state index in [0.717, 1.165) is 47.7 Å². The van der Waals surface area contributed by atoms with E-state index in [1.165, 1.54) is 5.56 Å². The van der Waals surface area contributed by atoms with Gasteiger partial charge in [-0.2, -0.15) is 0 Å². The van der Waals surface area contributed by atoms with Gasteiger partial charge in [-0.25, -0.2) is 4.79 Å². The number of benzene rings is 3. The maximum Gasteiger partial charge on any atom is 0.333 e. The van der Waals surface area contributed by atoms with Crippen LogP contribution in [-0.2, 0) is 22.7 Å². The van der Waals surface area contributed by atoms with Crippen LogP contribution in [0, 0.1) is 0 Å². The molecule has 0 aromatic heterocycles. The number of para-hydroxylation sites is 1. The first kappa shape index (κ1) is 25.5. The molecule has 1 aliphatic heterocycles. The van der Waals surface area contributed by atoms with Crippen molar-refractivity contribution in [2.75, 3.05) is 33.4 Å². The Hall–Kier alpha value is -3.61. The van der Waals surface area contributed by atoms with E-state index in [1.807, 2.05) is 66.7 Å². The average molecular weight is 488 g/mol. The summed E-state index contributed by atoms with van der Waals surface area (Å²) in [7, 11) is 1.66. The minimum absolute atomic E-state index is 0.437. The van der Waals surface area contributed by atoms with Gasteiger partial charge in [0.25, 0.3) is 0 Å². The standard InChI is InChI=1S/C30H33NO5/c1-34-29-11-6-5-10-25(29)22-35-18-7-19-36-26-14-12-24(13-15-26)27-16-17-31(21-28(27)30(32)33)20-23-8-3-2-4-9-23/h2-6,8-15H,7,16-22H2,1H3,(H,32,33). The van der Waals surface area contributed by atoms with Gasteiger partial charge in [-0.3, -0.25) is 4.90 Å². The summed E-state index contributed by atoms with van der Waals surface area (Å²) in [5.41, 5.74) is 4.54. The number of carboxylic acid groups (broad SMARTS) is 1. The molecular formula is C30H33NO5. The number of ether oxygens (including phenoxy) is 3. The quantitative estimate of drug-likeness (QED) is 0.344. The van der Waals surface area contributed by atoms with E-state index in [9.17, 15) is 9.90 Å². The molecule has 3 aromatic carbocycles. The van der Waals surface area contributed by atoms with Gasteiger partial charge in [0.1, 0.15) is 11.5 Å². The number of nitrogens with zero attached hydrogens (tertiary/aromatic N) is 1. The Morgan fingerprint density at radius 1 is 0.944 bits per heavy atom. The van der Waals surface area contributed by atoms with Crippen molar-refractivity contribution in [2.45, 2.75) is 26.0 Å². The molecule has 36 heavy (non-hydrogen) atoms. The fourth-order valence-electron chi connectivity index (χ4n) is 4.42. The van der Waals surface area contributed by atoms with Gasteiger partial charge in [-0.1, -0.05) is 60.7 Å². The molecule has 0 radical (unpaired) electrons. The topological polar surface area (TPSA) is 68.2 Å². The van der Waals surface area contributed by atoms with Crippen LogP contribution < -0.4 is 9.47 Å². The van der Waals surface area contributed by atoms with Crippen LogP contribution in [0.1, 0.15) is 29.5 Å². The van der Waals surface area contributed by atoms with Crippen molar-refractivity contribution in [3.05, 3.63) is 101 Å². The summed E-state index contributed by atoms with van der Waals surface area (Å²) in [6, 6.07) is 25.7. The van der Waals surface area contributed by atoms with E-state index >= 15 is 0 Å². The van der Waals surface area contributed by atoms with Crippen LogP contribution in [0.25, 0.3) is 5.57 Å². The molecule has 0 bridgehead atoms. The highest BCUT2D eigenvalue weighted by Crippen LogP contribution is 2.30. The van der Waals surface area contributed by atoms with Crippen LogP contribution in [0.3, 0.4) is 0 Å². The largest absolute Gasteiger partial charge is 0.496 e. The summed E-state index contributed by atoms with van der Waals surface area (Å²) in [6.07, 6.45) is 1.47. The van der Waals surface area contributed by atoms with Crippen molar-refractivity contribution >= 4 is 11.5 Å². The van der Waals surface area contributed by atoms with Gasteiger partial charge >= 0.3 is 5.97 Å². The fourth-order valence-corrected chi connectivity index (χ4v) is 4.42. The predicted octanol–water partition coefficient (Wildman–Crippen LogP) is 5.43. The highest BCUT2D eigenvalue weighted by molar-refractivity contribution is 5.97. The van der Waals surface area contributed by atoms with E-state index < -0.39 is 5.97 Å². The first-order valence-electron chi connectivity index (χ1n) is 12.3. The van der Waals surface area contributed by atoms with Gasteiger partial charge in [0, 0.05) is 31.6 Å². The highest BCUT2D eigenvalue weighted by Gasteiger charge is 2.24. The molecule has 188 valence electrons. The molecule has 1 aliphatic rings. The molecule has 0 saturated heterocycles. The lowest BCUT2D eigenvalue weighted by Gasteiger charge is -2.29. The monoisotopic (exact) mass is 487 g/mol. The number of methoxy groups -OCH3 is 1. The van der Waals surface area contributed by atoms with Gasteiger partial charge in [-0.15, -0.1) is 0 Å². The van der Waals surface area contributed by atoms with Crippen LogP contribution in [0.5, 0.6) is 11.5 Å². The smallest absolute Gasteiger partial charge is 0.333 e. The lowest BCUT2D eigenvalue weighted by Crippen LogP contribution is -2.33. The van der Waals surface area contributed by atoms with E-state index in [0.29, 0.717) is 38.4 Å². The lowest BCUT2D eigenvalue weighted by atomic mass is 9.93. The minimum Gasteiger partial charge on any atom is -0.496 e. The fraction of sp³-hybridized carbons (Fsp3) is 0.300. The molecular weight excluding hydrogens is 454 g/mol. The average Bonchev–Trinajstić information content (AvgIpc) is 2.92. The zero-order valence-electron chi connectivity index (χ0n) is 20.7. The highest BCUT2D eigenvalue weighted by atomic mass is 16.5. The molecule has 6 nitrogen and oxygen atoms in total. The Balaban J connectivity index is 1.26.